The number of carbonyl (C=O) groups is 2. The van der Waals surface area contributed by atoms with Crippen LogP contribution in [-0.4, -0.2) is 36.4 Å². The van der Waals surface area contributed by atoms with E-state index in [4.69, 9.17) is 9.47 Å². The maximum Gasteiger partial charge on any atom is 0.306 e. The molecule has 0 aliphatic carbocycles. The van der Waals surface area contributed by atoms with Gasteiger partial charge in [0.1, 0.15) is 6.61 Å². The first kappa shape index (κ1) is 47.6. The highest BCUT2D eigenvalue weighted by atomic mass is 16.6. The molecule has 0 unspecified atom stereocenters. The van der Waals surface area contributed by atoms with Crippen LogP contribution in [0.5, 0.6) is 0 Å². The quantitative estimate of drug-likeness (QED) is 0.0397. The van der Waals surface area contributed by atoms with Crippen molar-refractivity contribution in [2.24, 2.45) is 0 Å². The van der Waals surface area contributed by atoms with E-state index in [1.54, 1.807) is 0 Å². The molecule has 0 aromatic carbocycles. The Morgan fingerprint density at radius 2 is 0.820 bits per heavy atom. The Bertz CT molecular complexity index is 884. The molecule has 50 heavy (non-hydrogen) atoms. The average Bonchev–Trinajstić information content (AvgIpc) is 3.12. The molecule has 0 aliphatic rings. The lowest BCUT2D eigenvalue weighted by molar-refractivity contribution is -0.161. The number of aliphatic hydroxyl groups is 1. The van der Waals surface area contributed by atoms with Gasteiger partial charge in [-0.3, -0.25) is 9.59 Å². The van der Waals surface area contributed by atoms with Crippen LogP contribution in [0, 0.1) is 0 Å². The highest BCUT2D eigenvalue weighted by molar-refractivity contribution is 5.70. The molecule has 0 aromatic heterocycles. The molecule has 0 saturated heterocycles. The van der Waals surface area contributed by atoms with Crippen molar-refractivity contribution in [1.29, 1.82) is 0 Å². The van der Waals surface area contributed by atoms with Crippen molar-refractivity contribution in [1.82, 2.24) is 0 Å². The average molecular weight is 699 g/mol. The Labute approximate surface area is 309 Å². The largest absolute Gasteiger partial charge is 0.462 e. The van der Waals surface area contributed by atoms with Crippen LogP contribution in [0.4, 0.5) is 0 Å². The Morgan fingerprint density at radius 1 is 0.460 bits per heavy atom. The van der Waals surface area contributed by atoms with Crippen LogP contribution >= 0.6 is 0 Å². The summed E-state index contributed by atoms with van der Waals surface area (Å²) >= 11 is 0. The molecule has 5 nitrogen and oxygen atoms in total. The summed E-state index contributed by atoms with van der Waals surface area (Å²) in [5.74, 6) is -0.658. The molecule has 1 N–H and O–H groups in total. The van der Waals surface area contributed by atoms with Crippen LogP contribution in [-0.2, 0) is 19.1 Å². The van der Waals surface area contributed by atoms with Crippen LogP contribution < -0.4 is 0 Å². The van der Waals surface area contributed by atoms with E-state index >= 15 is 0 Å². The number of rotatable bonds is 37. The fraction of sp³-hybridized carbons (Fsp3) is 0.733. The fourth-order valence-electron chi connectivity index (χ4n) is 5.60. The van der Waals surface area contributed by atoms with Crippen molar-refractivity contribution < 1.29 is 24.2 Å². The Balaban J connectivity index is 3.63. The maximum atomic E-state index is 12.2. The number of carbonyl (C=O) groups excluding carboxylic acids is 2. The van der Waals surface area contributed by atoms with Crippen LogP contribution in [0.1, 0.15) is 194 Å². The molecule has 0 bridgehead atoms. The first-order valence-corrected chi connectivity index (χ1v) is 20.8. The molecule has 5 heteroatoms. The molecule has 0 radical (unpaired) electrons. The SMILES string of the molecule is CCCCCC=CCC=CCCCCCCCCCCCC(=O)OC[C@H](CO)OC(=O)CCCC=CCC=CCC=CCCCCCCCC. The summed E-state index contributed by atoms with van der Waals surface area (Å²) in [7, 11) is 0. The summed E-state index contributed by atoms with van der Waals surface area (Å²) in [5, 5.41) is 9.56. The second-order valence-electron chi connectivity index (χ2n) is 13.7. The minimum atomic E-state index is -0.801. The van der Waals surface area contributed by atoms with Crippen molar-refractivity contribution in [2.75, 3.05) is 13.2 Å². The van der Waals surface area contributed by atoms with Gasteiger partial charge in [-0.2, -0.15) is 0 Å². The van der Waals surface area contributed by atoms with Gasteiger partial charge < -0.3 is 14.6 Å². The number of unbranched alkanes of at least 4 members (excludes halogenated alkanes) is 19. The van der Waals surface area contributed by atoms with E-state index in [0.717, 1.165) is 44.9 Å². The van der Waals surface area contributed by atoms with E-state index in [9.17, 15) is 14.7 Å². The highest BCUT2D eigenvalue weighted by Gasteiger charge is 2.15. The molecule has 0 rings (SSSR count). The number of ether oxygens (including phenoxy) is 2. The first-order valence-electron chi connectivity index (χ1n) is 20.8. The summed E-state index contributed by atoms with van der Waals surface area (Å²) in [5.41, 5.74) is 0. The van der Waals surface area contributed by atoms with Crippen LogP contribution in [0.3, 0.4) is 0 Å². The number of allylic oxidation sites excluding steroid dienone is 10. The summed E-state index contributed by atoms with van der Waals surface area (Å²) in [6.07, 6.45) is 52.9. The molecule has 0 amide bonds. The summed E-state index contributed by atoms with van der Waals surface area (Å²) in [4.78, 5) is 24.3. The summed E-state index contributed by atoms with van der Waals surface area (Å²) in [6.45, 7) is 4.06. The smallest absolute Gasteiger partial charge is 0.306 e. The lowest BCUT2D eigenvalue weighted by atomic mass is 10.1. The van der Waals surface area contributed by atoms with E-state index in [1.807, 2.05) is 0 Å². The molecule has 1 atom stereocenters. The maximum absolute atomic E-state index is 12.2. The lowest BCUT2D eigenvalue weighted by Gasteiger charge is -2.15. The van der Waals surface area contributed by atoms with Gasteiger partial charge in [0, 0.05) is 12.8 Å². The fourth-order valence-corrected chi connectivity index (χ4v) is 5.60. The zero-order valence-electron chi connectivity index (χ0n) is 32.6. The second kappa shape index (κ2) is 41.0. The monoisotopic (exact) mass is 699 g/mol. The van der Waals surface area contributed by atoms with Gasteiger partial charge in [-0.1, -0.05) is 164 Å². The Kier molecular flexibility index (Phi) is 39.1. The van der Waals surface area contributed by atoms with E-state index in [2.05, 4.69) is 74.6 Å². The Morgan fingerprint density at radius 3 is 1.30 bits per heavy atom. The van der Waals surface area contributed by atoms with Crippen LogP contribution in [0.25, 0.3) is 0 Å². The van der Waals surface area contributed by atoms with Crippen molar-refractivity contribution in [3.05, 3.63) is 60.8 Å². The van der Waals surface area contributed by atoms with Crippen molar-refractivity contribution in [3.63, 3.8) is 0 Å². The lowest BCUT2D eigenvalue weighted by Crippen LogP contribution is -2.28. The van der Waals surface area contributed by atoms with Gasteiger partial charge >= 0.3 is 11.9 Å². The van der Waals surface area contributed by atoms with Crippen molar-refractivity contribution >= 4 is 11.9 Å². The number of hydrogen-bond donors (Lipinski definition) is 1. The van der Waals surface area contributed by atoms with Gasteiger partial charge in [0.25, 0.3) is 0 Å². The van der Waals surface area contributed by atoms with Crippen molar-refractivity contribution in [2.45, 2.75) is 200 Å². The molecule has 288 valence electrons. The zero-order chi connectivity index (χ0) is 36.4. The Hall–Kier alpha value is -2.40. The molecule has 0 saturated carbocycles. The predicted octanol–water partition coefficient (Wildman–Crippen LogP) is 13.2. The van der Waals surface area contributed by atoms with Gasteiger partial charge in [0.05, 0.1) is 6.61 Å². The molecule has 0 fully saturated rings. The zero-order valence-corrected chi connectivity index (χ0v) is 32.6. The van der Waals surface area contributed by atoms with Gasteiger partial charge in [-0.05, 0) is 77.0 Å². The normalized spacial score (nSPS) is 12.8. The van der Waals surface area contributed by atoms with E-state index < -0.39 is 6.10 Å². The standard InChI is InChI=1S/C45H78O5/c1-3-5-7-9-11-13-15-17-19-21-22-24-25-27-29-31-33-35-37-39-44(47)49-42-43(41-46)50-45(48)40-38-36-34-32-30-28-26-23-20-18-16-14-12-10-8-6-4-2/h11,13,17-20,26,28,32,34,43,46H,3-10,12,14-16,21-25,27,29-31,33,35-42H2,1-2H3/t43-/m0/s1. The van der Waals surface area contributed by atoms with Gasteiger partial charge in [-0.15, -0.1) is 0 Å². The second-order valence-corrected chi connectivity index (χ2v) is 13.7. The third-order valence-electron chi connectivity index (χ3n) is 8.78. The number of aliphatic hydroxyl groups excluding tert-OH is 1. The molecule has 0 aliphatic heterocycles. The molecule has 0 aromatic rings. The van der Waals surface area contributed by atoms with Gasteiger partial charge in [-0.25, -0.2) is 0 Å². The molecular formula is C45H78O5. The minimum Gasteiger partial charge on any atom is -0.462 e. The minimum absolute atomic E-state index is 0.0898. The third kappa shape index (κ3) is 38.4. The summed E-state index contributed by atoms with van der Waals surface area (Å²) < 4.78 is 10.6. The molecular weight excluding hydrogens is 620 g/mol. The predicted molar refractivity (Wildman–Crippen MR) is 214 cm³/mol. The van der Waals surface area contributed by atoms with E-state index in [1.165, 1.54) is 116 Å². The van der Waals surface area contributed by atoms with Gasteiger partial charge in [0.15, 0.2) is 6.10 Å². The van der Waals surface area contributed by atoms with Crippen LogP contribution in [0.2, 0.25) is 0 Å². The number of hydrogen-bond acceptors (Lipinski definition) is 5. The molecule has 0 heterocycles. The van der Waals surface area contributed by atoms with Crippen LogP contribution in [0.15, 0.2) is 60.8 Å². The van der Waals surface area contributed by atoms with Gasteiger partial charge in [0.2, 0.25) is 0 Å². The molecule has 0 spiro atoms. The summed E-state index contributed by atoms with van der Waals surface area (Å²) in [6, 6.07) is 0. The van der Waals surface area contributed by atoms with E-state index in [0.29, 0.717) is 12.8 Å². The number of esters is 2. The third-order valence-corrected chi connectivity index (χ3v) is 8.78. The van der Waals surface area contributed by atoms with Crippen molar-refractivity contribution in [3.8, 4) is 0 Å². The highest BCUT2D eigenvalue weighted by Crippen LogP contribution is 2.13. The van der Waals surface area contributed by atoms with E-state index in [-0.39, 0.29) is 31.6 Å². The topological polar surface area (TPSA) is 72.8 Å². The first-order chi connectivity index (χ1) is 24.6.